The van der Waals surface area contributed by atoms with Gasteiger partial charge in [0.25, 0.3) is 0 Å². The van der Waals surface area contributed by atoms with E-state index in [4.69, 9.17) is 14.7 Å². The lowest BCUT2D eigenvalue weighted by molar-refractivity contribution is -0.444. The van der Waals surface area contributed by atoms with Gasteiger partial charge in [-0.3, -0.25) is 4.79 Å². The van der Waals surface area contributed by atoms with Crippen LogP contribution < -0.4 is 9.84 Å². The van der Waals surface area contributed by atoms with Gasteiger partial charge in [0.1, 0.15) is 17.5 Å². The van der Waals surface area contributed by atoms with Crippen LogP contribution in [0.15, 0.2) is 18.2 Å². The van der Waals surface area contributed by atoms with E-state index in [0.717, 1.165) is 12.0 Å². The molecular weight excluding hydrogens is 296 g/mol. The first-order valence-electron chi connectivity index (χ1n) is 7.70. The number of likely N-dealkylation sites (tertiary alicyclic amines) is 1. The lowest BCUT2D eigenvalue weighted by atomic mass is 9.85. The van der Waals surface area contributed by atoms with Crippen molar-refractivity contribution in [2.45, 2.75) is 44.4 Å². The van der Waals surface area contributed by atoms with Gasteiger partial charge in [0.15, 0.2) is 0 Å². The Hall–Kier alpha value is -2.10. The van der Waals surface area contributed by atoms with Gasteiger partial charge in [0, 0.05) is 18.5 Å². The number of carbonyl (C=O) groups is 1. The van der Waals surface area contributed by atoms with Gasteiger partial charge in [0.2, 0.25) is 5.91 Å². The number of nitriles is 1. The van der Waals surface area contributed by atoms with Gasteiger partial charge < -0.3 is 19.5 Å². The summed E-state index contributed by atoms with van der Waals surface area (Å²) in [4.78, 5) is 14.0. The summed E-state index contributed by atoms with van der Waals surface area (Å²) in [6.45, 7) is 3.61. The van der Waals surface area contributed by atoms with Crippen LogP contribution in [0, 0.1) is 11.3 Å². The van der Waals surface area contributed by atoms with Gasteiger partial charge in [-0.25, -0.2) is 0 Å². The number of rotatable bonds is 3. The fourth-order valence-corrected chi connectivity index (χ4v) is 3.49. The highest BCUT2D eigenvalue weighted by atomic mass is 16.6. The van der Waals surface area contributed by atoms with Gasteiger partial charge in [0.05, 0.1) is 17.7 Å². The third-order valence-electron chi connectivity index (χ3n) is 4.50. The van der Waals surface area contributed by atoms with Crippen LogP contribution in [-0.4, -0.2) is 35.8 Å². The van der Waals surface area contributed by atoms with Crippen LogP contribution in [0.1, 0.15) is 43.9 Å². The molecule has 2 heterocycles. The average Bonchev–Trinajstić information content (AvgIpc) is 2.93. The summed E-state index contributed by atoms with van der Waals surface area (Å²) >= 11 is 0. The van der Waals surface area contributed by atoms with Crippen LogP contribution in [0.3, 0.4) is 0 Å². The molecule has 3 rings (SSSR count). The van der Waals surface area contributed by atoms with Gasteiger partial charge in [-0.05, 0) is 45.3 Å². The van der Waals surface area contributed by atoms with Crippen molar-refractivity contribution in [1.29, 1.82) is 5.26 Å². The number of hydrogen-bond donors (Lipinski definition) is 0. The monoisotopic (exact) mass is 315 g/mol. The average molecular weight is 315 g/mol. The summed E-state index contributed by atoms with van der Waals surface area (Å²) in [7, 11) is 0. The highest BCUT2D eigenvalue weighted by molar-refractivity contribution is 5.79. The van der Waals surface area contributed by atoms with E-state index in [1.807, 2.05) is 13.8 Å². The maximum Gasteiger partial charge on any atom is 0.223 e. The Labute approximate surface area is 135 Å². The fraction of sp³-hybridized carbons (Fsp3) is 0.529. The summed E-state index contributed by atoms with van der Waals surface area (Å²) in [5.41, 5.74) is 0.473. The second kappa shape index (κ2) is 5.84. The fourth-order valence-electron chi connectivity index (χ4n) is 3.49. The van der Waals surface area contributed by atoms with Gasteiger partial charge >= 0.3 is 0 Å². The second-order valence-corrected chi connectivity index (χ2v) is 6.41. The Morgan fingerprint density at radius 2 is 2.30 bits per heavy atom. The lowest BCUT2D eigenvalue weighted by Gasteiger charge is -2.48. The Bertz CT molecular complexity index is 665. The van der Waals surface area contributed by atoms with Crippen LogP contribution in [0.25, 0.3) is 0 Å². The minimum absolute atomic E-state index is 0.0421. The van der Waals surface area contributed by atoms with E-state index in [2.05, 4.69) is 6.07 Å². The zero-order chi connectivity index (χ0) is 16.6. The molecule has 1 aromatic rings. The standard InChI is InChI=1S/C17H19N2O4/c1-17(2)16(22-10-20)15(19-7-3-4-14(19)21)12-8-11(9-18)5-6-13(12)23-17/h5-6,8,15-16H,3-4,7,10H2,1-2H3/q-1. The Kier molecular flexibility index (Phi) is 4.00. The van der Waals surface area contributed by atoms with E-state index in [-0.39, 0.29) is 5.91 Å². The van der Waals surface area contributed by atoms with Crippen molar-refractivity contribution < 1.29 is 19.4 Å². The number of amides is 1. The summed E-state index contributed by atoms with van der Waals surface area (Å²) < 4.78 is 11.4. The molecule has 23 heavy (non-hydrogen) atoms. The number of ether oxygens (including phenoxy) is 2. The molecule has 0 radical (unpaired) electrons. The molecule has 6 nitrogen and oxygen atoms in total. The molecule has 2 aliphatic rings. The molecule has 2 atom stereocenters. The molecule has 2 aliphatic heterocycles. The van der Waals surface area contributed by atoms with E-state index in [0.29, 0.717) is 24.3 Å². The third-order valence-corrected chi connectivity index (χ3v) is 4.50. The van der Waals surface area contributed by atoms with E-state index < -0.39 is 24.5 Å². The predicted molar refractivity (Wildman–Crippen MR) is 79.3 cm³/mol. The first-order chi connectivity index (χ1) is 11.0. The van der Waals surface area contributed by atoms with Crippen molar-refractivity contribution in [2.24, 2.45) is 0 Å². The minimum Gasteiger partial charge on any atom is -0.834 e. The summed E-state index contributed by atoms with van der Waals surface area (Å²) in [6, 6.07) is 6.85. The third kappa shape index (κ3) is 2.67. The van der Waals surface area contributed by atoms with Gasteiger partial charge in [-0.1, -0.05) is 0 Å². The van der Waals surface area contributed by atoms with Crippen molar-refractivity contribution in [1.82, 2.24) is 4.90 Å². The van der Waals surface area contributed by atoms with Crippen LogP contribution in [0.2, 0.25) is 0 Å². The molecule has 0 spiro atoms. The zero-order valence-electron chi connectivity index (χ0n) is 13.2. The maximum atomic E-state index is 12.3. The molecule has 6 heteroatoms. The minimum atomic E-state index is -0.751. The second-order valence-electron chi connectivity index (χ2n) is 6.41. The number of hydrogen-bond acceptors (Lipinski definition) is 5. The molecule has 0 N–H and O–H groups in total. The number of nitrogens with zero attached hydrogens (tertiary/aromatic N) is 2. The highest BCUT2D eigenvalue weighted by Gasteiger charge is 2.48. The molecule has 0 aliphatic carbocycles. The number of carbonyl (C=O) groups excluding carboxylic acids is 1. The predicted octanol–water partition coefficient (Wildman–Crippen LogP) is 1.10. The smallest absolute Gasteiger partial charge is 0.223 e. The quantitative estimate of drug-likeness (QED) is 0.780. The van der Waals surface area contributed by atoms with Crippen LogP contribution >= 0.6 is 0 Å². The largest absolute Gasteiger partial charge is 0.834 e. The molecule has 1 amide bonds. The molecule has 0 aromatic heterocycles. The molecule has 1 aromatic carbocycles. The van der Waals surface area contributed by atoms with Crippen molar-refractivity contribution in [2.75, 3.05) is 13.3 Å². The van der Waals surface area contributed by atoms with Crippen molar-refractivity contribution in [3.63, 3.8) is 0 Å². The maximum absolute atomic E-state index is 12.3. The molecular formula is C17H19N2O4-. The molecule has 1 fully saturated rings. The normalized spacial score (nSPS) is 25.7. The van der Waals surface area contributed by atoms with Crippen LogP contribution in [-0.2, 0) is 9.53 Å². The first-order valence-corrected chi connectivity index (χ1v) is 7.70. The Morgan fingerprint density at radius 3 is 2.91 bits per heavy atom. The zero-order valence-corrected chi connectivity index (χ0v) is 13.2. The lowest BCUT2D eigenvalue weighted by Crippen LogP contribution is -2.55. The van der Waals surface area contributed by atoms with Gasteiger partial charge in [-0.2, -0.15) is 5.26 Å². The molecule has 122 valence electrons. The van der Waals surface area contributed by atoms with E-state index in [1.165, 1.54) is 0 Å². The van der Waals surface area contributed by atoms with Crippen molar-refractivity contribution >= 4 is 5.91 Å². The summed E-state index contributed by atoms with van der Waals surface area (Å²) in [5.74, 6) is 0.671. The first kappa shape index (κ1) is 15.8. The van der Waals surface area contributed by atoms with E-state index in [1.54, 1.807) is 23.1 Å². The number of benzene rings is 1. The summed E-state index contributed by atoms with van der Waals surface area (Å²) in [5, 5.41) is 20.3. The van der Waals surface area contributed by atoms with Crippen molar-refractivity contribution in [3.8, 4) is 11.8 Å². The SMILES string of the molecule is CC1(C)Oc2ccc(C#N)cc2C(N2CCCC2=O)C1OC[O-]. The van der Waals surface area contributed by atoms with Crippen LogP contribution in [0.5, 0.6) is 5.75 Å². The topological polar surface area (TPSA) is 85.6 Å². The Morgan fingerprint density at radius 1 is 1.52 bits per heavy atom. The van der Waals surface area contributed by atoms with Gasteiger partial charge in [-0.15, -0.1) is 0 Å². The van der Waals surface area contributed by atoms with Crippen molar-refractivity contribution in [3.05, 3.63) is 29.3 Å². The number of fused-ring (bicyclic) bond motifs is 1. The molecule has 0 bridgehead atoms. The molecule has 2 unspecified atom stereocenters. The highest BCUT2D eigenvalue weighted by Crippen LogP contribution is 2.45. The van der Waals surface area contributed by atoms with E-state index in [9.17, 15) is 9.90 Å². The molecule has 1 saturated heterocycles. The molecule has 0 saturated carbocycles. The Balaban J connectivity index is 2.13. The summed E-state index contributed by atoms with van der Waals surface area (Å²) in [6.07, 6.45) is 0.701. The van der Waals surface area contributed by atoms with Crippen LogP contribution in [0.4, 0.5) is 0 Å². The van der Waals surface area contributed by atoms with E-state index >= 15 is 0 Å².